The number of nitrogens with one attached hydrogen (secondary N) is 1. The van der Waals surface area contributed by atoms with Gasteiger partial charge in [0.05, 0.1) is 11.1 Å². The third kappa shape index (κ3) is 4.35. The van der Waals surface area contributed by atoms with Crippen molar-refractivity contribution in [3.63, 3.8) is 0 Å². The van der Waals surface area contributed by atoms with E-state index in [-0.39, 0.29) is 28.9 Å². The minimum atomic E-state index is -4.88. The molecule has 186 valence electrons. The number of carbonyl (C=O) groups is 3. The van der Waals surface area contributed by atoms with Gasteiger partial charge < -0.3 is 15.3 Å². The summed E-state index contributed by atoms with van der Waals surface area (Å²) in [7, 11) is 0. The number of hydrogen-bond acceptors (Lipinski definition) is 3. The van der Waals surface area contributed by atoms with Crippen LogP contribution in [0.5, 0.6) is 0 Å². The van der Waals surface area contributed by atoms with E-state index in [9.17, 15) is 41.4 Å². The van der Waals surface area contributed by atoms with Crippen molar-refractivity contribution >= 4 is 23.5 Å². The maximum absolute atomic E-state index is 14.2. The number of aliphatic carboxylic acids is 1. The van der Waals surface area contributed by atoms with E-state index >= 15 is 0 Å². The lowest BCUT2D eigenvalue weighted by Gasteiger charge is -2.49. The van der Waals surface area contributed by atoms with Gasteiger partial charge in [-0.3, -0.25) is 14.4 Å². The Hall–Kier alpha value is -3.50. The molecule has 6 nitrogen and oxygen atoms in total. The molecule has 1 aliphatic heterocycles. The number of amides is 2. The van der Waals surface area contributed by atoms with Crippen LogP contribution >= 0.6 is 0 Å². The van der Waals surface area contributed by atoms with E-state index in [0.717, 1.165) is 6.07 Å². The highest BCUT2D eigenvalue weighted by molar-refractivity contribution is 6.02. The second-order valence-electron chi connectivity index (χ2n) is 8.77. The van der Waals surface area contributed by atoms with Crippen LogP contribution in [-0.2, 0) is 22.3 Å². The zero-order valence-corrected chi connectivity index (χ0v) is 18.3. The number of rotatable bonds is 5. The van der Waals surface area contributed by atoms with Crippen LogP contribution in [0.15, 0.2) is 36.4 Å². The van der Waals surface area contributed by atoms with Gasteiger partial charge in [0.1, 0.15) is 11.7 Å². The highest BCUT2D eigenvalue weighted by atomic mass is 19.4. The molecule has 11 heteroatoms. The molecule has 0 bridgehead atoms. The van der Waals surface area contributed by atoms with Gasteiger partial charge >= 0.3 is 12.1 Å². The first kappa shape index (κ1) is 24.6. The fraction of sp³-hybridized carbons (Fsp3) is 0.375. The van der Waals surface area contributed by atoms with Gasteiger partial charge in [0.15, 0.2) is 6.67 Å². The molecule has 4 rings (SSSR count). The van der Waals surface area contributed by atoms with Crippen molar-refractivity contribution in [3.8, 4) is 0 Å². The Kier molecular flexibility index (Phi) is 6.29. The molecule has 1 heterocycles. The Morgan fingerprint density at radius 1 is 1.11 bits per heavy atom. The van der Waals surface area contributed by atoms with E-state index in [0.29, 0.717) is 37.8 Å². The molecule has 2 amide bonds. The summed E-state index contributed by atoms with van der Waals surface area (Å²) in [6, 6.07) is 6.38. The molecule has 1 aliphatic carbocycles. The van der Waals surface area contributed by atoms with Gasteiger partial charge in [-0.2, -0.15) is 13.2 Å². The fourth-order valence-corrected chi connectivity index (χ4v) is 5.27. The molecule has 35 heavy (non-hydrogen) atoms. The van der Waals surface area contributed by atoms with Crippen molar-refractivity contribution in [2.24, 2.45) is 0 Å². The lowest BCUT2D eigenvalue weighted by Crippen LogP contribution is -2.58. The molecule has 1 unspecified atom stereocenters. The Labute approximate surface area is 196 Å². The number of alkyl halides is 4. The van der Waals surface area contributed by atoms with Crippen LogP contribution in [-0.4, -0.2) is 40.0 Å². The minimum absolute atomic E-state index is 0.0422. The van der Waals surface area contributed by atoms with E-state index in [1.54, 1.807) is 0 Å². The molecule has 0 saturated heterocycles. The predicted molar refractivity (Wildman–Crippen MR) is 114 cm³/mol. The lowest BCUT2D eigenvalue weighted by atomic mass is 9.71. The molecule has 2 aliphatic rings. The van der Waals surface area contributed by atoms with Gasteiger partial charge in [-0.25, -0.2) is 8.78 Å². The molecule has 2 aromatic rings. The molecule has 1 atom stereocenters. The van der Waals surface area contributed by atoms with Crippen LogP contribution in [0.25, 0.3) is 0 Å². The highest BCUT2D eigenvalue weighted by Crippen LogP contribution is 2.51. The smallest absolute Gasteiger partial charge is 0.419 e. The number of benzene rings is 2. The van der Waals surface area contributed by atoms with Crippen LogP contribution in [0, 0.1) is 5.82 Å². The SMILES string of the molecule is O=C(CF)Nc1ccc2c(c1)C(C(=O)O)C1(CCCC1)N(Cc1ccc(C(F)(F)F)c(F)c1)C2=O. The molecule has 1 fully saturated rings. The van der Waals surface area contributed by atoms with Gasteiger partial charge in [-0.05, 0) is 54.3 Å². The third-order valence-corrected chi connectivity index (χ3v) is 6.71. The molecule has 2 N–H and O–H groups in total. The maximum Gasteiger partial charge on any atom is 0.419 e. The zero-order chi connectivity index (χ0) is 25.5. The number of hydrogen-bond donors (Lipinski definition) is 2. The zero-order valence-electron chi connectivity index (χ0n) is 18.3. The summed E-state index contributed by atoms with van der Waals surface area (Å²) >= 11 is 0. The molecular formula is C24H21F5N2O4. The maximum atomic E-state index is 14.2. The van der Waals surface area contributed by atoms with Crippen molar-refractivity contribution in [1.29, 1.82) is 0 Å². The number of carboxylic acids is 1. The second-order valence-corrected chi connectivity index (χ2v) is 8.77. The first-order chi connectivity index (χ1) is 16.5. The second kappa shape index (κ2) is 8.94. The number of fused-ring (bicyclic) bond motifs is 1. The molecule has 1 spiro atoms. The van der Waals surface area contributed by atoms with Gasteiger partial charge in [0, 0.05) is 17.8 Å². The van der Waals surface area contributed by atoms with Crippen molar-refractivity contribution < 1.29 is 41.4 Å². The molecule has 0 radical (unpaired) electrons. The van der Waals surface area contributed by atoms with Gasteiger partial charge in [-0.15, -0.1) is 0 Å². The third-order valence-electron chi connectivity index (χ3n) is 6.71. The summed E-state index contributed by atoms with van der Waals surface area (Å²) in [6.07, 6.45) is -3.01. The van der Waals surface area contributed by atoms with Crippen LogP contribution < -0.4 is 5.32 Å². The fourth-order valence-electron chi connectivity index (χ4n) is 5.27. The summed E-state index contributed by atoms with van der Waals surface area (Å²) in [5.74, 6) is -5.40. The lowest BCUT2D eigenvalue weighted by molar-refractivity contribution is -0.143. The Morgan fingerprint density at radius 2 is 1.80 bits per heavy atom. The van der Waals surface area contributed by atoms with Crippen molar-refractivity contribution in [1.82, 2.24) is 4.90 Å². The predicted octanol–water partition coefficient (Wildman–Crippen LogP) is 4.89. The van der Waals surface area contributed by atoms with Gasteiger partial charge in [0.25, 0.3) is 11.8 Å². The van der Waals surface area contributed by atoms with E-state index in [4.69, 9.17) is 0 Å². The largest absolute Gasteiger partial charge is 0.481 e. The highest BCUT2D eigenvalue weighted by Gasteiger charge is 2.56. The summed E-state index contributed by atoms with van der Waals surface area (Å²) < 4.78 is 65.7. The Morgan fingerprint density at radius 3 is 2.37 bits per heavy atom. The van der Waals surface area contributed by atoms with Crippen LogP contribution in [0.4, 0.5) is 27.6 Å². The van der Waals surface area contributed by atoms with Crippen molar-refractivity contribution in [2.75, 3.05) is 12.0 Å². The standard InChI is InChI=1S/C24H21F5N2O4/c25-11-19(32)30-14-4-5-15-16(10-14)20(22(34)35)23(7-1-2-8-23)31(21(15)33)12-13-3-6-17(18(26)9-13)24(27,28)29/h3-6,9-10,20H,1-2,7-8,11-12H2,(H,30,32)(H,34,35). The van der Waals surface area contributed by atoms with E-state index < -0.39 is 53.5 Å². The summed E-state index contributed by atoms with van der Waals surface area (Å²) in [6.45, 7) is -1.56. The summed E-state index contributed by atoms with van der Waals surface area (Å²) in [4.78, 5) is 38.9. The van der Waals surface area contributed by atoms with Crippen molar-refractivity contribution in [3.05, 3.63) is 64.5 Å². The Bertz CT molecular complexity index is 1190. The average molecular weight is 496 g/mol. The number of carbonyl (C=O) groups excluding carboxylic acids is 2. The van der Waals surface area contributed by atoms with Gasteiger partial charge in [0.2, 0.25) is 0 Å². The topological polar surface area (TPSA) is 86.7 Å². The van der Waals surface area contributed by atoms with Crippen LogP contribution in [0.3, 0.4) is 0 Å². The van der Waals surface area contributed by atoms with Crippen LogP contribution in [0.1, 0.15) is 58.6 Å². The van der Waals surface area contributed by atoms with Crippen LogP contribution in [0.2, 0.25) is 0 Å². The normalized spacial score (nSPS) is 19.1. The van der Waals surface area contributed by atoms with Crippen molar-refractivity contribution in [2.45, 2.75) is 49.9 Å². The minimum Gasteiger partial charge on any atom is -0.481 e. The quantitative estimate of drug-likeness (QED) is 0.578. The van der Waals surface area contributed by atoms with E-state index in [1.165, 1.54) is 23.1 Å². The molecule has 1 saturated carbocycles. The van der Waals surface area contributed by atoms with Gasteiger partial charge in [-0.1, -0.05) is 18.9 Å². The number of carboxylic acid groups (broad SMARTS) is 1. The molecule has 0 aromatic heterocycles. The number of halogens is 5. The summed E-state index contributed by atoms with van der Waals surface area (Å²) in [5.41, 5.74) is -2.20. The Balaban J connectivity index is 1.79. The monoisotopic (exact) mass is 496 g/mol. The van der Waals surface area contributed by atoms with E-state index in [2.05, 4.69) is 5.32 Å². The first-order valence-electron chi connectivity index (χ1n) is 10.9. The molecule has 2 aromatic carbocycles. The molecular weight excluding hydrogens is 475 g/mol. The average Bonchev–Trinajstić information content (AvgIpc) is 3.25. The number of anilines is 1. The summed E-state index contributed by atoms with van der Waals surface area (Å²) in [5, 5.41) is 12.5. The van der Waals surface area contributed by atoms with E-state index in [1.807, 2.05) is 0 Å². The number of nitrogens with zero attached hydrogens (tertiary/aromatic N) is 1. The first-order valence-corrected chi connectivity index (χ1v) is 10.9.